The molecule has 0 radical (unpaired) electrons. The molecule has 3 aromatic heterocycles. The van der Waals surface area contributed by atoms with Gasteiger partial charge in [-0.3, -0.25) is 0 Å². The Kier molecular flexibility index (Phi) is 4.36. The molecule has 4 heterocycles. The summed E-state index contributed by atoms with van der Waals surface area (Å²) in [5, 5.41) is 4.83. The maximum absolute atomic E-state index is 5.49. The molecule has 1 saturated heterocycles. The van der Waals surface area contributed by atoms with E-state index < -0.39 is 0 Å². The molecule has 0 atom stereocenters. The first-order valence-corrected chi connectivity index (χ1v) is 9.17. The van der Waals surface area contributed by atoms with Gasteiger partial charge < -0.3 is 9.30 Å². The summed E-state index contributed by atoms with van der Waals surface area (Å²) in [5.41, 5.74) is 1.08. The monoisotopic (exact) mass is 351 g/mol. The molecule has 3 aromatic rings. The predicted molar refractivity (Wildman–Crippen MR) is 100 cm³/mol. The Morgan fingerprint density at radius 1 is 1.12 bits per heavy atom. The van der Waals surface area contributed by atoms with Gasteiger partial charge in [-0.1, -0.05) is 6.07 Å². The van der Waals surface area contributed by atoms with Crippen LogP contribution < -0.4 is 0 Å². The molecule has 0 saturated carbocycles. The Balaban J connectivity index is 1.79. The van der Waals surface area contributed by atoms with Gasteiger partial charge in [0.1, 0.15) is 0 Å². The van der Waals surface area contributed by atoms with E-state index in [1.807, 2.05) is 22.9 Å². The molecule has 0 aliphatic carbocycles. The molecule has 0 bridgehead atoms. The molecule has 6 nitrogen and oxygen atoms in total. The van der Waals surface area contributed by atoms with E-state index in [1.54, 1.807) is 6.20 Å². The third-order valence-electron chi connectivity index (χ3n) is 4.80. The topological polar surface area (TPSA) is 57.8 Å². The molecule has 0 aromatic carbocycles. The maximum Gasteiger partial charge on any atom is 0.166 e. The minimum Gasteiger partial charge on any atom is -0.381 e. The van der Waals surface area contributed by atoms with Crippen LogP contribution in [-0.2, 0) is 10.3 Å². The average molecular weight is 351 g/mol. The van der Waals surface area contributed by atoms with E-state index in [0.29, 0.717) is 5.92 Å². The molecule has 1 fully saturated rings. The summed E-state index contributed by atoms with van der Waals surface area (Å²) in [6.45, 7) is 8.12. The number of pyridine rings is 1. The summed E-state index contributed by atoms with van der Waals surface area (Å²) < 4.78 is 9.56. The lowest BCUT2D eigenvalue weighted by Gasteiger charge is -2.20. The fourth-order valence-corrected chi connectivity index (χ4v) is 3.23. The first-order valence-electron chi connectivity index (χ1n) is 9.17. The summed E-state index contributed by atoms with van der Waals surface area (Å²) in [6, 6.07) is 7.95. The van der Waals surface area contributed by atoms with Crippen LogP contribution in [0.25, 0.3) is 17.2 Å². The Bertz CT molecular complexity index is 869. The average Bonchev–Trinajstić information content (AvgIpc) is 3.30. The number of aromatic nitrogens is 5. The van der Waals surface area contributed by atoms with Crippen molar-refractivity contribution in [1.82, 2.24) is 24.3 Å². The summed E-state index contributed by atoms with van der Waals surface area (Å²) in [4.78, 5) is 9.40. The van der Waals surface area contributed by atoms with Gasteiger partial charge in [0.05, 0.1) is 0 Å². The Hall–Kier alpha value is -2.47. The van der Waals surface area contributed by atoms with Gasteiger partial charge in [-0.2, -0.15) is 4.68 Å². The van der Waals surface area contributed by atoms with E-state index in [9.17, 15) is 0 Å². The molecule has 0 spiro atoms. The second kappa shape index (κ2) is 6.68. The zero-order valence-electron chi connectivity index (χ0n) is 15.6. The first kappa shape index (κ1) is 17.0. The second-order valence-electron chi connectivity index (χ2n) is 7.76. The third-order valence-corrected chi connectivity index (χ3v) is 4.80. The quantitative estimate of drug-likeness (QED) is 0.720. The van der Waals surface area contributed by atoms with Crippen LogP contribution in [-0.4, -0.2) is 37.5 Å². The van der Waals surface area contributed by atoms with Crippen LogP contribution in [0.5, 0.6) is 0 Å². The highest BCUT2D eigenvalue weighted by Gasteiger charge is 2.24. The van der Waals surface area contributed by atoms with Gasteiger partial charge >= 0.3 is 0 Å². The van der Waals surface area contributed by atoms with Crippen molar-refractivity contribution in [2.75, 3.05) is 13.2 Å². The molecule has 0 unspecified atom stereocenters. The van der Waals surface area contributed by atoms with Gasteiger partial charge in [-0.25, -0.2) is 9.97 Å². The van der Waals surface area contributed by atoms with E-state index in [2.05, 4.69) is 48.8 Å². The molecule has 0 N–H and O–H groups in total. The van der Waals surface area contributed by atoms with E-state index in [1.165, 1.54) is 0 Å². The van der Waals surface area contributed by atoms with Crippen molar-refractivity contribution in [3.05, 3.63) is 48.7 Å². The van der Waals surface area contributed by atoms with Gasteiger partial charge in [0.2, 0.25) is 0 Å². The predicted octanol–water partition coefficient (Wildman–Crippen LogP) is 3.78. The summed E-state index contributed by atoms with van der Waals surface area (Å²) in [6.07, 6.45) is 7.96. The first-order chi connectivity index (χ1) is 12.5. The minimum atomic E-state index is 0.0254. The molecular formula is C20H25N5O. The molecule has 1 aliphatic rings. The maximum atomic E-state index is 5.49. The Morgan fingerprint density at radius 3 is 2.58 bits per heavy atom. The van der Waals surface area contributed by atoms with Crippen LogP contribution >= 0.6 is 0 Å². The number of rotatable bonds is 3. The largest absolute Gasteiger partial charge is 0.381 e. The molecule has 26 heavy (non-hydrogen) atoms. The second-order valence-corrected chi connectivity index (χ2v) is 7.76. The molecule has 6 heteroatoms. The Labute approximate surface area is 153 Å². The van der Waals surface area contributed by atoms with Crippen LogP contribution in [0.1, 0.15) is 45.4 Å². The van der Waals surface area contributed by atoms with Gasteiger partial charge in [-0.15, -0.1) is 5.10 Å². The zero-order valence-corrected chi connectivity index (χ0v) is 15.6. The third kappa shape index (κ3) is 3.29. The lowest BCUT2D eigenvalue weighted by Crippen LogP contribution is -2.19. The van der Waals surface area contributed by atoms with Crippen LogP contribution in [0, 0.1) is 0 Å². The van der Waals surface area contributed by atoms with E-state index in [-0.39, 0.29) is 5.54 Å². The SMILES string of the molecule is CC(C)(C)n1ccc(-c2nc(C3CCOCC3)nn2-c2ccccn2)c1. The van der Waals surface area contributed by atoms with Crippen molar-refractivity contribution in [3.63, 3.8) is 0 Å². The summed E-state index contributed by atoms with van der Waals surface area (Å²) in [7, 11) is 0. The normalized spacial score (nSPS) is 16.1. The lowest BCUT2D eigenvalue weighted by molar-refractivity contribution is 0.0836. The molecular weight excluding hydrogens is 326 g/mol. The van der Waals surface area contributed by atoms with Crippen molar-refractivity contribution in [2.45, 2.75) is 45.1 Å². The van der Waals surface area contributed by atoms with Crippen molar-refractivity contribution in [2.24, 2.45) is 0 Å². The van der Waals surface area contributed by atoms with Crippen LogP contribution in [0.3, 0.4) is 0 Å². The molecule has 4 rings (SSSR count). The molecule has 0 amide bonds. The van der Waals surface area contributed by atoms with Crippen LogP contribution in [0.15, 0.2) is 42.9 Å². The van der Waals surface area contributed by atoms with Crippen LogP contribution in [0.4, 0.5) is 0 Å². The van der Waals surface area contributed by atoms with Crippen molar-refractivity contribution in [3.8, 4) is 17.2 Å². The minimum absolute atomic E-state index is 0.0254. The lowest BCUT2D eigenvalue weighted by atomic mass is 10.00. The fourth-order valence-electron chi connectivity index (χ4n) is 3.23. The molecule has 136 valence electrons. The van der Waals surface area contributed by atoms with Crippen molar-refractivity contribution in [1.29, 1.82) is 0 Å². The standard InChI is InChI=1S/C20H25N5O/c1-20(2,3)24-11-7-16(14-24)19-22-18(15-8-12-26-13-9-15)23-25(19)17-6-4-5-10-21-17/h4-7,10-11,14-15H,8-9,12-13H2,1-3H3. The van der Waals surface area contributed by atoms with Gasteiger partial charge in [0, 0.05) is 48.8 Å². The highest BCUT2D eigenvalue weighted by atomic mass is 16.5. The van der Waals surface area contributed by atoms with Crippen molar-refractivity contribution >= 4 is 0 Å². The number of hydrogen-bond acceptors (Lipinski definition) is 4. The van der Waals surface area contributed by atoms with Crippen molar-refractivity contribution < 1.29 is 4.74 Å². The van der Waals surface area contributed by atoms with E-state index in [0.717, 1.165) is 49.1 Å². The smallest absolute Gasteiger partial charge is 0.166 e. The van der Waals surface area contributed by atoms with E-state index in [4.69, 9.17) is 14.8 Å². The Morgan fingerprint density at radius 2 is 1.92 bits per heavy atom. The zero-order chi connectivity index (χ0) is 18.1. The van der Waals surface area contributed by atoms with Gasteiger partial charge in [0.25, 0.3) is 0 Å². The highest BCUT2D eigenvalue weighted by molar-refractivity contribution is 5.56. The number of nitrogens with zero attached hydrogens (tertiary/aromatic N) is 5. The fraction of sp³-hybridized carbons (Fsp3) is 0.450. The molecule has 1 aliphatic heterocycles. The van der Waals surface area contributed by atoms with Crippen LogP contribution in [0.2, 0.25) is 0 Å². The van der Waals surface area contributed by atoms with E-state index >= 15 is 0 Å². The van der Waals surface area contributed by atoms with Gasteiger partial charge in [-0.05, 0) is 51.8 Å². The number of hydrogen-bond donors (Lipinski definition) is 0. The summed E-state index contributed by atoms with van der Waals surface area (Å²) >= 11 is 0. The van der Waals surface area contributed by atoms with Gasteiger partial charge in [0.15, 0.2) is 17.5 Å². The summed E-state index contributed by atoms with van der Waals surface area (Å²) in [5.74, 6) is 2.86. The highest BCUT2D eigenvalue weighted by Crippen LogP contribution is 2.29. The number of ether oxygens (including phenoxy) is 1.